The third-order valence-electron chi connectivity index (χ3n) is 4.18. The third kappa shape index (κ3) is 1.48. The van der Waals surface area contributed by atoms with Gasteiger partial charge in [-0.1, -0.05) is 19.8 Å². The molecule has 82 valence electrons. The highest BCUT2D eigenvalue weighted by Gasteiger charge is 2.38. The standard InChI is InChI=1S/C12H19N3/c1-2-12(7-3-4-8-12)11-13-10(14-15-11)9-5-6-9/h9H,2-8H2,1H3,(H,13,14,15). The molecule has 3 heteroatoms. The first-order chi connectivity index (χ1) is 7.34. The van der Waals surface area contributed by atoms with Crippen LogP contribution in [-0.4, -0.2) is 15.2 Å². The zero-order chi connectivity index (χ0) is 10.3. The monoisotopic (exact) mass is 205 g/mol. The molecule has 0 aromatic carbocycles. The van der Waals surface area contributed by atoms with Crippen LogP contribution in [-0.2, 0) is 5.41 Å². The molecule has 0 amide bonds. The maximum Gasteiger partial charge on any atom is 0.156 e. The van der Waals surface area contributed by atoms with Crippen molar-refractivity contribution in [1.29, 1.82) is 0 Å². The van der Waals surface area contributed by atoms with Crippen molar-refractivity contribution in [2.45, 2.75) is 63.2 Å². The summed E-state index contributed by atoms with van der Waals surface area (Å²) in [6.45, 7) is 2.28. The molecule has 0 spiro atoms. The first-order valence-electron chi connectivity index (χ1n) is 6.27. The van der Waals surface area contributed by atoms with Gasteiger partial charge in [-0.05, 0) is 32.1 Å². The summed E-state index contributed by atoms with van der Waals surface area (Å²) in [7, 11) is 0. The Kier molecular flexibility index (Phi) is 2.08. The average Bonchev–Trinajstić information content (AvgIpc) is 2.84. The maximum absolute atomic E-state index is 4.73. The minimum atomic E-state index is 0.309. The molecule has 2 fully saturated rings. The summed E-state index contributed by atoms with van der Waals surface area (Å²) in [4.78, 5) is 4.73. The number of aromatic nitrogens is 3. The number of rotatable bonds is 3. The Morgan fingerprint density at radius 1 is 1.33 bits per heavy atom. The van der Waals surface area contributed by atoms with Crippen LogP contribution in [0.2, 0.25) is 0 Å². The molecule has 3 rings (SSSR count). The van der Waals surface area contributed by atoms with Crippen molar-refractivity contribution >= 4 is 0 Å². The molecule has 2 aliphatic rings. The summed E-state index contributed by atoms with van der Waals surface area (Å²) >= 11 is 0. The molecule has 1 aromatic heterocycles. The number of hydrogen-bond donors (Lipinski definition) is 1. The highest BCUT2D eigenvalue weighted by Crippen LogP contribution is 2.44. The van der Waals surface area contributed by atoms with Crippen LogP contribution in [0.1, 0.15) is 69.4 Å². The second-order valence-corrected chi connectivity index (χ2v) is 5.16. The molecule has 0 unspecified atom stereocenters. The zero-order valence-corrected chi connectivity index (χ0v) is 9.42. The van der Waals surface area contributed by atoms with Crippen LogP contribution in [0.15, 0.2) is 0 Å². The fourth-order valence-electron chi connectivity index (χ4n) is 2.84. The quantitative estimate of drug-likeness (QED) is 0.824. The molecule has 15 heavy (non-hydrogen) atoms. The fraction of sp³-hybridized carbons (Fsp3) is 0.833. The number of nitrogens with one attached hydrogen (secondary N) is 1. The number of hydrogen-bond acceptors (Lipinski definition) is 2. The van der Waals surface area contributed by atoms with E-state index in [4.69, 9.17) is 4.98 Å². The Bertz CT molecular complexity index is 346. The minimum Gasteiger partial charge on any atom is -0.263 e. The van der Waals surface area contributed by atoms with E-state index >= 15 is 0 Å². The smallest absolute Gasteiger partial charge is 0.156 e. The SMILES string of the molecule is CCC1(c2n[nH]c(C3CC3)n2)CCCC1. The highest BCUT2D eigenvalue weighted by atomic mass is 15.2. The van der Waals surface area contributed by atoms with Gasteiger partial charge in [0, 0.05) is 11.3 Å². The van der Waals surface area contributed by atoms with Crippen LogP contribution in [0.3, 0.4) is 0 Å². The first-order valence-corrected chi connectivity index (χ1v) is 6.27. The molecule has 2 saturated carbocycles. The molecule has 0 atom stereocenters. The van der Waals surface area contributed by atoms with Gasteiger partial charge in [-0.15, -0.1) is 0 Å². The Morgan fingerprint density at radius 3 is 2.67 bits per heavy atom. The van der Waals surface area contributed by atoms with Crippen LogP contribution in [0.4, 0.5) is 0 Å². The molecule has 1 heterocycles. The topological polar surface area (TPSA) is 41.6 Å². The number of aromatic amines is 1. The summed E-state index contributed by atoms with van der Waals surface area (Å²) in [5, 5.41) is 7.61. The van der Waals surface area contributed by atoms with Crippen LogP contribution < -0.4 is 0 Å². The van der Waals surface area contributed by atoms with Gasteiger partial charge in [0.25, 0.3) is 0 Å². The first kappa shape index (κ1) is 9.37. The van der Waals surface area contributed by atoms with Crippen molar-refractivity contribution in [2.75, 3.05) is 0 Å². The number of H-pyrrole nitrogens is 1. The largest absolute Gasteiger partial charge is 0.263 e. The average molecular weight is 205 g/mol. The molecule has 1 aromatic rings. The van der Waals surface area contributed by atoms with Crippen LogP contribution >= 0.6 is 0 Å². The van der Waals surface area contributed by atoms with Gasteiger partial charge in [0.1, 0.15) is 5.82 Å². The van der Waals surface area contributed by atoms with Crippen LogP contribution in [0.25, 0.3) is 0 Å². The van der Waals surface area contributed by atoms with E-state index in [1.807, 2.05) is 0 Å². The van der Waals surface area contributed by atoms with E-state index in [9.17, 15) is 0 Å². The predicted molar refractivity (Wildman–Crippen MR) is 58.8 cm³/mol. The van der Waals surface area contributed by atoms with Crippen molar-refractivity contribution in [3.8, 4) is 0 Å². The lowest BCUT2D eigenvalue weighted by Crippen LogP contribution is -2.22. The van der Waals surface area contributed by atoms with Crippen molar-refractivity contribution < 1.29 is 0 Å². The molecular formula is C12H19N3. The van der Waals surface area contributed by atoms with E-state index in [1.165, 1.54) is 44.9 Å². The molecule has 1 N–H and O–H groups in total. The van der Waals surface area contributed by atoms with E-state index in [1.54, 1.807) is 0 Å². The van der Waals surface area contributed by atoms with E-state index in [0.717, 1.165) is 11.6 Å². The Balaban J connectivity index is 1.88. The minimum absolute atomic E-state index is 0.309. The second kappa shape index (κ2) is 3.32. The zero-order valence-electron chi connectivity index (χ0n) is 9.42. The fourth-order valence-corrected chi connectivity index (χ4v) is 2.84. The Morgan fingerprint density at radius 2 is 2.07 bits per heavy atom. The lowest BCUT2D eigenvalue weighted by Gasteiger charge is -2.23. The predicted octanol–water partition coefficient (Wildman–Crippen LogP) is 2.90. The maximum atomic E-state index is 4.73. The van der Waals surface area contributed by atoms with E-state index in [2.05, 4.69) is 17.1 Å². The highest BCUT2D eigenvalue weighted by molar-refractivity contribution is 5.13. The Hall–Kier alpha value is -0.860. The summed E-state index contributed by atoms with van der Waals surface area (Å²) in [5.41, 5.74) is 0.309. The van der Waals surface area contributed by atoms with Gasteiger partial charge < -0.3 is 0 Å². The van der Waals surface area contributed by atoms with Crippen LogP contribution in [0.5, 0.6) is 0 Å². The molecule has 0 saturated heterocycles. The molecule has 0 radical (unpaired) electrons. The van der Waals surface area contributed by atoms with Crippen LogP contribution in [0, 0.1) is 0 Å². The van der Waals surface area contributed by atoms with Gasteiger partial charge in [0.2, 0.25) is 0 Å². The van der Waals surface area contributed by atoms with Crippen molar-refractivity contribution in [1.82, 2.24) is 15.2 Å². The lowest BCUT2D eigenvalue weighted by molar-refractivity contribution is 0.399. The van der Waals surface area contributed by atoms with E-state index in [0.29, 0.717) is 11.3 Å². The lowest BCUT2D eigenvalue weighted by atomic mass is 9.83. The van der Waals surface area contributed by atoms with Gasteiger partial charge in [-0.25, -0.2) is 4.98 Å². The van der Waals surface area contributed by atoms with Crippen molar-refractivity contribution in [2.24, 2.45) is 0 Å². The number of nitrogens with zero attached hydrogens (tertiary/aromatic N) is 2. The van der Waals surface area contributed by atoms with Gasteiger partial charge in [0.15, 0.2) is 5.82 Å². The summed E-state index contributed by atoms with van der Waals surface area (Å²) in [6.07, 6.45) is 9.05. The second-order valence-electron chi connectivity index (χ2n) is 5.16. The van der Waals surface area contributed by atoms with Gasteiger partial charge in [0.05, 0.1) is 0 Å². The normalized spacial score (nSPS) is 24.6. The van der Waals surface area contributed by atoms with Crippen molar-refractivity contribution in [3.05, 3.63) is 11.6 Å². The third-order valence-corrected chi connectivity index (χ3v) is 4.18. The van der Waals surface area contributed by atoms with E-state index < -0.39 is 0 Å². The van der Waals surface area contributed by atoms with Gasteiger partial charge in [-0.2, -0.15) is 5.10 Å². The van der Waals surface area contributed by atoms with Gasteiger partial charge in [-0.3, -0.25) is 5.10 Å². The Labute approximate surface area is 90.7 Å². The molecule has 2 aliphatic carbocycles. The summed E-state index contributed by atoms with van der Waals surface area (Å²) < 4.78 is 0. The van der Waals surface area contributed by atoms with Gasteiger partial charge >= 0.3 is 0 Å². The molecule has 3 nitrogen and oxygen atoms in total. The summed E-state index contributed by atoms with van der Waals surface area (Å²) in [5.74, 6) is 2.94. The van der Waals surface area contributed by atoms with Crippen molar-refractivity contribution in [3.63, 3.8) is 0 Å². The molecular weight excluding hydrogens is 186 g/mol. The van der Waals surface area contributed by atoms with E-state index in [-0.39, 0.29) is 0 Å². The summed E-state index contributed by atoms with van der Waals surface area (Å²) in [6, 6.07) is 0. The molecule has 0 aliphatic heterocycles. The molecule has 0 bridgehead atoms.